The van der Waals surface area contributed by atoms with Gasteiger partial charge >= 0.3 is 0 Å². The first-order valence-electron chi connectivity index (χ1n) is 5.63. The molecule has 0 atom stereocenters. The molecule has 0 aliphatic rings. The fraction of sp³-hybridized carbons (Fsp3) is 0.125. The molecule has 0 N–H and O–H groups in total. The van der Waals surface area contributed by atoms with Gasteiger partial charge in [0.15, 0.2) is 0 Å². The third-order valence-corrected chi connectivity index (χ3v) is 2.43. The zero-order valence-electron chi connectivity index (χ0n) is 10.0. The second kappa shape index (κ2) is 5.92. The van der Waals surface area contributed by atoms with Crippen LogP contribution in [-0.2, 0) is 0 Å². The van der Waals surface area contributed by atoms with Crippen molar-refractivity contribution in [1.29, 1.82) is 0 Å². The van der Waals surface area contributed by atoms with Crippen LogP contribution in [0.3, 0.4) is 0 Å². The molecule has 0 aliphatic carbocycles. The van der Waals surface area contributed by atoms with E-state index < -0.39 is 0 Å². The molecule has 0 heterocycles. The number of hydrogen-bond acceptors (Lipinski definition) is 0. The fourth-order valence-electron chi connectivity index (χ4n) is 1.72. The van der Waals surface area contributed by atoms with Crippen molar-refractivity contribution in [2.45, 2.75) is 13.8 Å². The van der Waals surface area contributed by atoms with Gasteiger partial charge in [0.2, 0.25) is 0 Å². The van der Waals surface area contributed by atoms with Crippen molar-refractivity contribution in [3.8, 4) is 0 Å². The minimum atomic E-state index is 1.14. The topological polar surface area (TPSA) is 0 Å². The van der Waals surface area contributed by atoms with Gasteiger partial charge < -0.3 is 0 Å². The summed E-state index contributed by atoms with van der Waals surface area (Å²) in [6.07, 6.45) is 3.75. The molecule has 0 fully saturated rings. The van der Waals surface area contributed by atoms with Crippen molar-refractivity contribution in [2.75, 3.05) is 0 Å². The Bertz CT molecular complexity index is 492. The summed E-state index contributed by atoms with van der Waals surface area (Å²) >= 11 is 0. The second-order valence-corrected chi connectivity index (χ2v) is 3.20. The molecule has 0 unspecified atom stereocenters. The Balaban J connectivity index is 0.000000606. The summed E-state index contributed by atoms with van der Waals surface area (Å²) in [4.78, 5) is 0. The fourth-order valence-corrected chi connectivity index (χ4v) is 1.72. The maximum atomic E-state index is 3.84. The maximum Gasteiger partial charge on any atom is -0.0106 e. The summed E-state index contributed by atoms with van der Waals surface area (Å²) in [7, 11) is 0. The molecule has 0 radical (unpaired) electrons. The van der Waals surface area contributed by atoms with Gasteiger partial charge in [0.25, 0.3) is 0 Å². The van der Waals surface area contributed by atoms with Gasteiger partial charge in [0.05, 0.1) is 0 Å². The molecule has 0 nitrogen and oxygen atoms in total. The minimum absolute atomic E-state index is 1.14. The molecule has 0 saturated carbocycles. The Kier molecular flexibility index (Phi) is 4.53. The van der Waals surface area contributed by atoms with Crippen molar-refractivity contribution in [3.63, 3.8) is 0 Å². The number of hydrogen-bond donors (Lipinski definition) is 0. The van der Waals surface area contributed by atoms with Crippen molar-refractivity contribution < 1.29 is 0 Å². The molecule has 0 aromatic heterocycles. The van der Waals surface area contributed by atoms with Crippen molar-refractivity contribution in [2.24, 2.45) is 0 Å². The second-order valence-electron chi connectivity index (χ2n) is 3.20. The largest absolute Gasteiger partial charge is 0.0984 e. The van der Waals surface area contributed by atoms with E-state index >= 15 is 0 Å². The lowest BCUT2D eigenvalue weighted by Crippen LogP contribution is -1.82. The van der Waals surface area contributed by atoms with Crippen molar-refractivity contribution in [3.05, 3.63) is 60.7 Å². The van der Waals surface area contributed by atoms with Gasteiger partial charge in [0.1, 0.15) is 0 Å². The SMILES string of the molecule is C=Cc1ccc2ccccc2c1C=C.CC. The van der Waals surface area contributed by atoms with Crippen LogP contribution in [-0.4, -0.2) is 0 Å². The lowest BCUT2D eigenvalue weighted by Gasteiger charge is -2.05. The summed E-state index contributed by atoms with van der Waals surface area (Å²) in [5.74, 6) is 0. The van der Waals surface area contributed by atoms with Crippen LogP contribution < -0.4 is 0 Å². The van der Waals surface area contributed by atoms with E-state index in [4.69, 9.17) is 0 Å². The van der Waals surface area contributed by atoms with E-state index in [1.165, 1.54) is 10.8 Å². The van der Waals surface area contributed by atoms with E-state index in [2.05, 4.69) is 37.4 Å². The van der Waals surface area contributed by atoms with Gasteiger partial charge in [-0.05, 0) is 21.9 Å². The highest BCUT2D eigenvalue weighted by molar-refractivity contribution is 5.93. The van der Waals surface area contributed by atoms with Crippen molar-refractivity contribution in [1.82, 2.24) is 0 Å². The van der Waals surface area contributed by atoms with E-state index in [0.29, 0.717) is 0 Å². The van der Waals surface area contributed by atoms with Crippen LogP contribution in [0.2, 0.25) is 0 Å². The summed E-state index contributed by atoms with van der Waals surface area (Å²) in [5.41, 5.74) is 2.30. The molecule has 0 bridgehead atoms. The lowest BCUT2D eigenvalue weighted by molar-refractivity contribution is 1.50. The Morgan fingerprint density at radius 2 is 1.56 bits per heavy atom. The van der Waals surface area contributed by atoms with Crippen LogP contribution in [0, 0.1) is 0 Å². The maximum absolute atomic E-state index is 3.84. The Labute approximate surface area is 97.9 Å². The number of rotatable bonds is 2. The zero-order valence-corrected chi connectivity index (χ0v) is 10.0. The van der Waals surface area contributed by atoms with Crippen molar-refractivity contribution >= 4 is 22.9 Å². The van der Waals surface area contributed by atoms with Gasteiger partial charge in [-0.3, -0.25) is 0 Å². The normalized spacial score (nSPS) is 9.12. The highest BCUT2D eigenvalue weighted by Gasteiger charge is 2.00. The van der Waals surface area contributed by atoms with Gasteiger partial charge in [0, 0.05) is 0 Å². The highest BCUT2D eigenvalue weighted by atomic mass is 14.0. The molecule has 0 saturated heterocycles. The van der Waals surface area contributed by atoms with Gasteiger partial charge in [-0.15, -0.1) is 0 Å². The third kappa shape index (κ3) is 2.22. The first kappa shape index (κ1) is 12.3. The summed E-state index contributed by atoms with van der Waals surface area (Å²) in [6, 6.07) is 12.5. The molecule has 2 aromatic rings. The summed E-state index contributed by atoms with van der Waals surface area (Å²) < 4.78 is 0. The van der Waals surface area contributed by atoms with E-state index in [9.17, 15) is 0 Å². The quantitative estimate of drug-likeness (QED) is 0.643. The van der Waals surface area contributed by atoms with Crippen LogP contribution in [0.15, 0.2) is 49.6 Å². The summed E-state index contributed by atoms with van der Waals surface area (Å²) in [6.45, 7) is 11.6. The smallest absolute Gasteiger partial charge is 0.0106 e. The van der Waals surface area contributed by atoms with E-state index in [1.807, 2.05) is 38.1 Å². The number of fused-ring (bicyclic) bond motifs is 1. The molecule has 16 heavy (non-hydrogen) atoms. The molecule has 0 aliphatic heterocycles. The van der Waals surface area contributed by atoms with Crippen LogP contribution in [0.4, 0.5) is 0 Å². The first-order valence-corrected chi connectivity index (χ1v) is 5.63. The average molecular weight is 210 g/mol. The van der Waals surface area contributed by atoms with Gasteiger partial charge in [-0.1, -0.05) is 75.6 Å². The van der Waals surface area contributed by atoms with E-state index in [1.54, 1.807) is 0 Å². The van der Waals surface area contributed by atoms with Gasteiger partial charge in [-0.2, -0.15) is 0 Å². The van der Waals surface area contributed by atoms with E-state index in [0.717, 1.165) is 11.1 Å². The lowest BCUT2D eigenvalue weighted by atomic mass is 9.99. The van der Waals surface area contributed by atoms with Crippen LogP contribution in [0.25, 0.3) is 22.9 Å². The zero-order chi connectivity index (χ0) is 12.0. The molecule has 2 aromatic carbocycles. The predicted octanol–water partition coefficient (Wildman–Crippen LogP) is 5.15. The Morgan fingerprint density at radius 1 is 0.875 bits per heavy atom. The minimum Gasteiger partial charge on any atom is -0.0984 e. The third-order valence-electron chi connectivity index (χ3n) is 2.43. The van der Waals surface area contributed by atoms with Crippen LogP contribution in [0.1, 0.15) is 25.0 Å². The molecule has 0 heteroatoms. The molecular weight excluding hydrogens is 192 g/mol. The molecule has 0 amide bonds. The standard InChI is InChI=1S/C14H12.C2H6/c1-3-11-9-10-12-7-5-6-8-14(12)13(11)4-2;1-2/h3-10H,1-2H2;1-2H3. The molecule has 2 rings (SSSR count). The van der Waals surface area contributed by atoms with E-state index in [-0.39, 0.29) is 0 Å². The Morgan fingerprint density at radius 3 is 2.19 bits per heavy atom. The molecule has 82 valence electrons. The summed E-state index contributed by atoms with van der Waals surface area (Å²) in [5, 5.41) is 2.48. The average Bonchev–Trinajstić information content (AvgIpc) is 2.39. The molecular formula is C16H18. The van der Waals surface area contributed by atoms with Gasteiger partial charge in [-0.25, -0.2) is 0 Å². The first-order chi connectivity index (χ1) is 7.86. The monoisotopic (exact) mass is 210 g/mol. The number of benzene rings is 2. The highest BCUT2D eigenvalue weighted by Crippen LogP contribution is 2.23. The van der Waals surface area contributed by atoms with Crippen LogP contribution in [0.5, 0.6) is 0 Å². The molecule has 0 spiro atoms. The Hall–Kier alpha value is -1.82. The predicted molar refractivity (Wildman–Crippen MR) is 75.5 cm³/mol. The van der Waals surface area contributed by atoms with Crippen LogP contribution >= 0.6 is 0 Å².